The van der Waals surface area contributed by atoms with Crippen LogP contribution in [-0.4, -0.2) is 3.92 Å². The molecule has 0 aliphatic rings. The Labute approximate surface area is 53.5 Å². The summed E-state index contributed by atoms with van der Waals surface area (Å²) in [5, 5.41) is 0. The lowest BCUT2D eigenvalue weighted by atomic mass is 10.3. The van der Waals surface area contributed by atoms with Gasteiger partial charge in [0.1, 0.15) is 0 Å². The number of halogens is 1. The van der Waals surface area contributed by atoms with Crippen molar-refractivity contribution in [2.45, 2.75) is 23.7 Å². The van der Waals surface area contributed by atoms with Crippen LogP contribution in [0.4, 0.5) is 0 Å². The molecule has 1 atom stereocenters. The summed E-state index contributed by atoms with van der Waals surface area (Å²) in [5.41, 5.74) is 0. The maximum atomic E-state index is 3.75. The van der Waals surface area contributed by atoms with Crippen molar-refractivity contribution < 1.29 is 0 Å². The molecule has 0 aliphatic heterocycles. The maximum absolute atomic E-state index is 3.75. The molecular weight excluding hydrogens is 187 g/mol. The average Bonchev–Trinajstić information content (AvgIpc) is 1.65. The molecule has 0 N–H and O–H groups in total. The summed E-state index contributed by atoms with van der Waals surface area (Å²) < 4.78 is 0.794. The lowest BCUT2D eigenvalue weighted by molar-refractivity contribution is 0.864. The van der Waals surface area contributed by atoms with Gasteiger partial charge < -0.3 is 0 Å². The van der Waals surface area contributed by atoms with Gasteiger partial charge in [-0.1, -0.05) is 36.4 Å². The van der Waals surface area contributed by atoms with Gasteiger partial charge in [0.25, 0.3) is 0 Å². The molecule has 0 aromatic carbocycles. The molecule has 0 aromatic heterocycles. The zero-order valence-corrected chi connectivity index (χ0v) is 6.23. The van der Waals surface area contributed by atoms with Gasteiger partial charge in [0.15, 0.2) is 0 Å². The van der Waals surface area contributed by atoms with Crippen LogP contribution in [0.5, 0.6) is 0 Å². The predicted molar refractivity (Wildman–Crippen MR) is 38.1 cm³/mol. The monoisotopic (exact) mass is 197 g/mol. The quantitative estimate of drug-likeness (QED) is 0.471. The molecular formula is C5H10I. The molecule has 0 rings (SSSR count). The van der Waals surface area contributed by atoms with E-state index in [1.807, 2.05) is 0 Å². The summed E-state index contributed by atoms with van der Waals surface area (Å²) in [6, 6.07) is 0. The highest BCUT2D eigenvalue weighted by atomic mass is 127. The average molecular weight is 197 g/mol. The van der Waals surface area contributed by atoms with E-state index in [9.17, 15) is 0 Å². The molecule has 37 valence electrons. The third-order valence-corrected chi connectivity index (χ3v) is 2.26. The highest BCUT2D eigenvalue weighted by molar-refractivity contribution is 14.1. The Morgan fingerprint density at radius 2 is 2.33 bits per heavy atom. The minimum absolute atomic E-state index is 0.794. The minimum Gasteiger partial charge on any atom is -0.0826 e. The first-order chi connectivity index (χ1) is 2.81. The fourth-order valence-electron chi connectivity index (χ4n) is 0.204. The van der Waals surface area contributed by atoms with E-state index in [1.165, 1.54) is 6.42 Å². The molecule has 0 heterocycles. The minimum atomic E-state index is 0.794. The third-order valence-electron chi connectivity index (χ3n) is 0.756. The van der Waals surface area contributed by atoms with Crippen molar-refractivity contribution in [3.05, 3.63) is 6.92 Å². The SMILES string of the molecule is [CH2]CC(I)CC. The second-order valence-electron chi connectivity index (χ2n) is 1.29. The van der Waals surface area contributed by atoms with Crippen LogP contribution in [0.3, 0.4) is 0 Å². The van der Waals surface area contributed by atoms with Gasteiger partial charge in [-0.15, -0.1) is 0 Å². The molecule has 1 heteroatoms. The van der Waals surface area contributed by atoms with E-state index < -0.39 is 0 Å². The summed E-state index contributed by atoms with van der Waals surface area (Å²) in [6.45, 7) is 5.93. The van der Waals surface area contributed by atoms with Crippen molar-refractivity contribution in [3.8, 4) is 0 Å². The molecule has 0 aromatic rings. The van der Waals surface area contributed by atoms with Crippen LogP contribution in [0.15, 0.2) is 0 Å². The number of alkyl halides is 1. The second kappa shape index (κ2) is 3.90. The van der Waals surface area contributed by atoms with Crippen molar-refractivity contribution in [3.63, 3.8) is 0 Å². The van der Waals surface area contributed by atoms with E-state index >= 15 is 0 Å². The van der Waals surface area contributed by atoms with Gasteiger partial charge in [0, 0.05) is 3.92 Å². The smallest absolute Gasteiger partial charge is 0.0107 e. The molecule has 1 radical (unpaired) electrons. The van der Waals surface area contributed by atoms with Crippen LogP contribution in [0, 0.1) is 6.92 Å². The molecule has 0 fully saturated rings. The molecule has 1 unspecified atom stereocenters. The van der Waals surface area contributed by atoms with Crippen molar-refractivity contribution in [2.24, 2.45) is 0 Å². The molecule has 0 saturated carbocycles. The van der Waals surface area contributed by atoms with Crippen LogP contribution in [0.2, 0.25) is 0 Å². The van der Waals surface area contributed by atoms with Crippen molar-refractivity contribution in [1.82, 2.24) is 0 Å². The molecule has 0 amide bonds. The first kappa shape index (κ1) is 6.73. The van der Waals surface area contributed by atoms with E-state index in [-0.39, 0.29) is 0 Å². The standard InChI is InChI=1S/C5H10I/c1-3-5(6)4-2/h5H,1,3-4H2,2H3. The van der Waals surface area contributed by atoms with Gasteiger partial charge >= 0.3 is 0 Å². The summed E-state index contributed by atoms with van der Waals surface area (Å²) in [4.78, 5) is 0. The Morgan fingerprint density at radius 3 is 2.33 bits per heavy atom. The van der Waals surface area contributed by atoms with E-state index in [2.05, 4.69) is 36.4 Å². The summed E-state index contributed by atoms with van der Waals surface area (Å²) in [5.74, 6) is 0. The highest BCUT2D eigenvalue weighted by Gasteiger charge is 1.91. The predicted octanol–water partition coefficient (Wildman–Crippen LogP) is 2.42. The van der Waals surface area contributed by atoms with Gasteiger partial charge in [-0.05, 0) is 12.8 Å². The van der Waals surface area contributed by atoms with E-state index in [0.29, 0.717) is 0 Å². The number of hydrogen-bond donors (Lipinski definition) is 0. The van der Waals surface area contributed by atoms with E-state index in [0.717, 1.165) is 10.3 Å². The van der Waals surface area contributed by atoms with Gasteiger partial charge in [-0.25, -0.2) is 0 Å². The van der Waals surface area contributed by atoms with Crippen LogP contribution >= 0.6 is 22.6 Å². The Kier molecular flexibility index (Phi) is 4.38. The molecule has 0 bridgehead atoms. The van der Waals surface area contributed by atoms with Gasteiger partial charge in [0.05, 0.1) is 0 Å². The van der Waals surface area contributed by atoms with E-state index in [1.54, 1.807) is 0 Å². The van der Waals surface area contributed by atoms with Crippen molar-refractivity contribution in [1.29, 1.82) is 0 Å². The first-order valence-electron chi connectivity index (χ1n) is 2.24. The second-order valence-corrected chi connectivity index (χ2v) is 3.06. The fourth-order valence-corrected chi connectivity index (χ4v) is 0.204. The number of hydrogen-bond acceptors (Lipinski definition) is 0. The first-order valence-corrected chi connectivity index (χ1v) is 3.49. The molecule has 0 spiro atoms. The van der Waals surface area contributed by atoms with Gasteiger partial charge in [0.2, 0.25) is 0 Å². The Balaban J connectivity index is 2.75. The molecule has 0 saturated heterocycles. The zero-order chi connectivity index (χ0) is 4.99. The van der Waals surface area contributed by atoms with E-state index in [4.69, 9.17) is 0 Å². The largest absolute Gasteiger partial charge is 0.0826 e. The topological polar surface area (TPSA) is 0 Å². The van der Waals surface area contributed by atoms with Crippen molar-refractivity contribution >= 4 is 22.6 Å². The Hall–Kier alpha value is 0.730. The molecule has 0 nitrogen and oxygen atoms in total. The van der Waals surface area contributed by atoms with Crippen LogP contribution < -0.4 is 0 Å². The summed E-state index contributed by atoms with van der Waals surface area (Å²) in [6.07, 6.45) is 2.32. The zero-order valence-electron chi connectivity index (χ0n) is 4.08. The van der Waals surface area contributed by atoms with Gasteiger partial charge in [-0.2, -0.15) is 0 Å². The maximum Gasteiger partial charge on any atom is 0.0107 e. The Morgan fingerprint density at radius 1 is 1.83 bits per heavy atom. The molecule has 0 aliphatic carbocycles. The molecule has 6 heavy (non-hydrogen) atoms. The van der Waals surface area contributed by atoms with Crippen LogP contribution in [0.25, 0.3) is 0 Å². The van der Waals surface area contributed by atoms with Crippen LogP contribution in [0.1, 0.15) is 19.8 Å². The summed E-state index contributed by atoms with van der Waals surface area (Å²) in [7, 11) is 0. The highest BCUT2D eigenvalue weighted by Crippen LogP contribution is 2.07. The van der Waals surface area contributed by atoms with Gasteiger partial charge in [-0.3, -0.25) is 0 Å². The lowest BCUT2D eigenvalue weighted by Gasteiger charge is -1.96. The normalized spacial score (nSPS) is 10.0. The number of rotatable bonds is 2. The van der Waals surface area contributed by atoms with Crippen LogP contribution in [-0.2, 0) is 0 Å². The summed E-state index contributed by atoms with van der Waals surface area (Å²) >= 11 is 2.41. The Bertz CT molecular complexity index is 23.1. The third kappa shape index (κ3) is 2.94. The van der Waals surface area contributed by atoms with Crippen molar-refractivity contribution in [2.75, 3.05) is 0 Å². The lowest BCUT2D eigenvalue weighted by Crippen LogP contribution is -1.88. The fraction of sp³-hybridized carbons (Fsp3) is 0.800.